The van der Waals surface area contributed by atoms with Crippen LogP contribution in [-0.4, -0.2) is 37.9 Å². The van der Waals surface area contributed by atoms with Gasteiger partial charge < -0.3 is 9.47 Å². The number of hydrogen-bond donors (Lipinski definition) is 0. The molecule has 0 amide bonds. The van der Waals surface area contributed by atoms with Gasteiger partial charge in [0.2, 0.25) is 0 Å². The fourth-order valence-corrected chi connectivity index (χ4v) is 2.25. The van der Waals surface area contributed by atoms with Crippen molar-refractivity contribution in [2.75, 3.05) is 26.8 Å². The molecule has 0 bridgehead atoms. The minimum absolute atomic E-state index is 0.0394. The lowest BCUT2D eigenvalue weighted by atomic mass is 10.3. The maximum atomic E-state index is 6.09. The van der Waals surface area contributed by atoms with Crippen LogP contribution in [0.5, 0.6) is 5.75 Å². The molecular formula is C13H18ClNO2. The molecule has 1 unspecified atom stereocenters. The fraction of sp³-hybridized carbons (Fsp3) is 0.538. The molecule has 0 spiro atoms. The summed E-state index contributed by atoms with van der Waals surface area (Å²) in [5, 5.41) is 0.646. The maximum Gasteiger partial charge on any atom is 0.176 e. The Morgan fingerprint density at radius 1 is 1.29 bits per heavy atom. The molecule has 0 saturated carbocycles. The second-order valence-electron chi connectivity index (χ2n) is 4.20. The van der Waals surface area contributed by atoms with Crippen LogP contribution in [0.25, 0.3) is 0 Å². The van der Waals surface area contributed by atoms with Crippen LogP contribution in [0.2, 0.25) is 5.02 Å². The van der Waals surface area contributed by atoms with Gasteiger partial charge in [-0.05, 0) is 25.0 Å². The molecule has 4 heteroatoms. The van der Waals surface area contributed by atoms with Gasteiger partial charge in [0.15, 0.2) is 6.23 Å². The van der Waals surface area contributed by atoms with E-state index in [1.54, 1.807) is 7.11 Å². The van der Waals surface area contributed by atoms with Crippen molar-refractivity contribution >= 4 is 11.6 Å². The van der Waals surface area contributed by atoms with Gasteiger partial charge in [-0.1, -0.05) is 23.7 Å². The highest BCUT2D eigenvalue weighted by molar-refractivity contribution is 6.32. The average Bonchev–Trinajstić information content (AvgIpc) is 2.85. The second-order valence-corrected chi connectivity index (χ2v) is 4.61. The number of likely N-dealkylation sites (tertiary alicyclic amines) is 1. The molecule has 1 atom stereocenters. The number of para-hydroxylation sites is 1. The molecule has 0 radical (unpaired) electrons. The first-order valence-corrected chi connectivity index (χ1v) is 6.33. The van der Waals surface area contributed by atoms with E-state index in [4.69, 9.17) is 21.1 Å². The zero-order valence-electron chi connectivity index (χ0n) is 10.1. The Hall–Kier alpha value is -0.770. The third-order valence-electron chi connectivity index (χ3n) is 2.96. The van der Waals surface area contributed by atoms with E-state index in [1.807, 2.05) is 24.3 Å². The summed E-state index contributed by atoms with van der Waals surface area (Å²) in [4.78, 5) is 2.30. The highest BCUT2D eigenvalue weighted by atomic mass is 35.5. The van der Waals surface area contributed by atoms with Gasteiger partial charge in [-0.25, -0.2) is 0 Å². The van der Waals surface area contributed by atoms with Crippen molar-refractivity contribution in [2.24, 2.45) is 0 Å². The molecule has 1 aliphatic rings. The molecule has 1 heterocycles. The maximum absolute atomic E-state index is 6.09. The van der Waals surface area contributed by atoms with E-state index in [9.17, 15) is 0 Å². The van der Waals surface area contributed by atoms with Crippen LogP contribution in [0.1, 0.15) is 12.8 Å². The van der Waals surface area contributed by atoms with Crippen molar-refractivity contribution in [2.45, 2.75) is 19.1 Å². The predicted octanol–water partition coefficient (Wildman–Crippen LogP) is 2.79. The minimum atomic E-state index is -0.0394. The lowest BCUT2D eigenvalue weighted by Crippen LogP contribution is -2.40. The van der Waals surface area contributed by atoms with Crippen LogP contribution in [-0.2, 0) is 4.74 Å². The average molecular weight is 256 g/mol. The van der Waals surface area contributed by atoms with Crippen LogP contribution in [0.4, 0.5) is 0 Å². The molecule has 1 aromatic rings. The molecule has 1 fully saturated rings. The SMILES string of the molecule is COCC(Oc1ccccc1Cl)N1CCCC1. The van der Waals surface area contributed by atoms with E-state index in [0.717, 1.165) is 18.8 Å². The Morgan fingerprint density at radius 2 is 2.00 bits per heavy atom. The first kappa shape index (κ1) is 12.7. The summed E-state index contributed by atoms with van der Waals surface area (Å²) in [5.41, 5.74) is 0. The minimum Gasteiger partial charge on any atom is -0.471 e. The number of methoxy groups -OCH3 is 1. The summed E-state index contributed by atoms with van der Waals surface area (Å²) < 4.78 is 11.2. The lowest BCUT2D eigenvalue weighted by molar-refractivity contribution is -0.0174. The molecule has 1 aliphatic heterocycles. The number of halogens is 1. The van der Waals surface area contributed by atoms with E-state index >= 15 is 0 Å². The Kier molecular flexibility index (Phi) is 4.66. The van der Waals surface area contributed by atoms with Gasteiger partial charge in [0, 0.05) is 20.2 Å². The fourth-order valence-electron chi connectivity index (χ4n) is 2.07. The van der Waals surface area contributed by atoms with E-state index < -0.39 is 0 Å². The molecule has 1 saturated heterocycles. The van der Waals surface area contributed by atoms with E-state index in [1.165, 1.54) is 12.8 Å². The summed E-state index contributed by atoms with van der Waals surface area (Å²) in [5.74, 6) is 0.725. The van der Waals surface area contributed by atoms with Gasteiger partial charge in [0.05, 0.1) is 11.6 Å². The van der Waals surface area contributed by atoms with Crippen LogP contribution < -0.4 is 4.74 Å². The van der Waals surface area contributed by atoms with Gasteiger partial charge >= 0.3 is 0 Å². The van der Waals surface area contributed by atoms with Crippen molar-refractivity contribution < 1.29 is 9.47 Å². The molecule has 17 heavy (non-hydrogen) atoms. The molecule has 0 aliphatic carbocycles. The predicted molar refractivity (Wildman–Crippen MR) is 68.6 cm³/mol. The quantitative estimate of drug-likeness (QED) is 0.808. The Morgan fingerprint density at radius 3 is 2.65 bits per heavy atom. The number of nitrogens with zero attached hydrogens (tertiary/aromatic N) is 1. The molecule has 1 aromatic carbocycles. The first-order valence-electron chi connectivity index (χ1n) is 5.95. The van der Waals surface area contributed by atoms with Gasteiger partial charge in [0.25, 0.3) is 0 Å². The smallest absolute Gasteiger partial charge is 0.176 e. The molecule has 2 rings (SSSR count). The van der Waals surface area contributed by atoms with Crippen molar-refractivity contribution in [3.63, 3.8) is 0 Å². The third-order valence-corrected chi connectivity index (χ3v) is 3.27. The van der Waals surface area contributed by atoms with Crippen molar-refractivity contribution in [1.29, 1.82) is 0 Å². The van der Waals surface area contributed by atoms with Gasteiger partial charge in [-0.15, -0.1) is 0 Å². The monoisotopic (exact) mass is 255 g/mol. The summed E-state index contributed by atoms with van der Waals surface area (Å²) in [6.07, 6.45) is 2.42. The second kappa shape index (κ2) is 6.24. The van der Waals surface area contributed by atoms with Crippen molar-refractivity contribution in [3.8, 4) is 5.75 Å². The van der Waals surface area contributed by atoms with E-state index in [2.05, 4.69) is 4.90 Å². The highest BCUT2D eigenvalue weighted by Crippen LogP contribution is 2.25. The normalized spacial score (nSPS) is 18.2. The van der Waals surface area contributed by atoms with E-state index in [-0.39, 0.29) is 6.23 Å². The van der Waals surface area contributed by atoms with Gasteiger partial charge in [0.1, 0.15) is 5.75 Å². The number of hydrogen-bond acceptors (Lipinski definition) is 3. The first-order chi connectivity index (χ1) is 8.31. The highest BCUT2D eigenvalue weighted by Gasteiger charge is 2.23. The van der Waals surface area contributed by atoms with Crippen molar-refractivity contribution in [3.05, 3.63) is 29.3 Å². The Balaban J connectivity index is 2.04. The molecule has 94 valence electrons. The summed E-state index contributed by atoms with van der Waals surface area (Å²) in [6.45, 7) is 2.70. The third kappa shape index (κ3) is 3.35. The number of rotatable bonds is 5. The number of ether oxygens (including phenoxy) is 2. The van der Waals surface area contributed by atoms with Crippen molar-refractivity contribution in [1.82, 2.24) is 4.90 Å². The molecule has 0 N–H and O–H groups in total. The summed E-state index contributed by atoms with van der Waals surface area (Å²) >= 11 is 6.09. The standard InChI is InChI=1S/C13H18ClNO2/c1-16-10-13(15-8-4-5-9-15)17-12-7-3-2-6-11(12)14/h2-3,6-7,13H,4-5,8-10H2,1H3. The zero-order chi connectivity index (χ0) is 12.1. The Bertz CT molecular complexity index is 353. The van der Waals surface area contributed by atoms with Gasteiger partial charge in [-0.3, -0.25) is 4.90 Å². The topological polar surface area (TPSA) is 21.7 Å². The Labute approximate surface area is 107 Å². The zero-order valence-corrected chi connectivity index (χ0v) is 10.8. The summed E-state index contributed by atoms with van der Waals surface area (Å²) in [7, 11) is 1.69. The molecular weight excluding hydrogens is 238 g/mol. The summed E-state index contributed by atoms with van der Waals surface area (Å²) in [6, 6.07) is 7.55. The van der Waals surface area contributed by atoms with Crippen LogP contribution in [0.3, 0.4) is 0 Å². The van der Waals surface area contributed by atoms with Crippen LogP contribution >= 0.6 is 11.6 Å². The van der Waals surface area contributed by atoms with Gasteiger partial charge in [-0.2, -0.15) is 0 Å². The number of benzene rings is 1. The van der Waals surface area contributed by atoms with Crippen LogP contribution in [0, 0.1) is 0 Å². The van der Waals surface area contributed by atoms with E-state index in [0.29, 0.717) is 11.6 Å². The lowest BCUT2D eigenvalue weighted by Gasteiger charge is -2.27. The molecule has 3 nitrogen and oxygen atoms in total. The molecule has 0 aromatic heterocycles. The van der Waals surface area contributed by atoms with Crippen LogP contribution in [0.15, 0.2) is 24.3 Å². The largest absolute Gasteiger partial charge is 0.471 e.